The van der Waals surface area contributed by atoms with Gasteiger partial charge in [-0.15, -0.1) is 0 Å². The van der Waals surface area contributed by atoms with Gasteiger partial charge in [-0.1, -0.05) is 6.58 Å². The summed E-state index contributed by atoms with van der Waals surface area (Å²) in [5.41, 5.74) is 1.25. The van der Waals surface area contributed by atoms with E-state index >= 15 is 0 Å². The topological polar surface area (TPSA) is 26.3 Å². The number of methoxy groups -OCH3 is 1. The molecule has 0 atom stereocenters. The van der Waals surface area contributed by atoms with Gasteiger partial charge in [0.2, 0.25) is 0 Å². The molecule has 0 saturated carbocycles. The summed E-state index contributed by atoms with van der Waals surface area (Å²) in [5, 5.41) is 3.75. The molecule has 2 nitrogen and oxygen atoms in total. The summed E-state index contributed by atoms with van der Waals surface area (Å²) < 4.78 is 4.50. The molecule has 1 heterocycles. The Balaban J connectivity index is 2.79. The van der Waals surface area contributed by atoms with E-state index < -0.39 is 0 Å². The number of hydrogen-bond acceptors (Lipinski definition) is 3. The second kappa shape index (κ2) is 3.34. The van der Waals surface area contributed by atoms with Crippen LogP contribution in [-0.2, 0) is 9.53 Å². The zero-order valence-corrected chi connectivity index (χ0v) is 6.98. The molecule has 0 N–H and O–H groups in total. The zero-order valence-electron chi connectivity index (χ0n) is 6.16. The van der Waals surface area contributed by atoms with Gasteiger partial charge in [-0.05, 0) is 22.4 Å². The highest BCUT2D eigenvalue weighted by atomic mass is 32.1. The fourth-order valence-corrected chi connectivity index (χ4v) is 1.35. The number of thiophene rings is 1. The van der Waals surface area contributed by atoms with E-state index in [0.717, 1.165) is 5.56 Å². The average molecular weight is 168 g/mol. The van der Waals surface area contributed by atoms with Gasteiger partial charge in [-0.3, -0.25) is 0 Å². The molecular formula is C8H8O2S. The molecule has 0 spiro atoms. The number of hydrogen-bond donors (Lipinski definition) is 0. The predicted molar refractivity (Wildman–Crippen MR) is 45.4 cm³/mol. The summed E-state index contributed by atoms with van der Waals surface area (Å²) in [7, 11) is 1.35. The van der Waals surface area contributed by atoms with Gasteiger partial charge in [-0.25, -0.2) is 4.79 Å². The van der Waals surface area contributed by atoms with Gasteiger partial charge >= 0.3 is 5.97 Å². The molecule has 0 radical (unpaired) electrons. The first-order valence-corrected chi connectivity index (χ1v) is 3.99. The number of esters is 1. The monoisotopic (exact) mass is 168 g/mol. The Morgan fingerprint density at radius 2 is 2.45 bits per heavy atom. The van der Waals surface area contributed by atoms with Gasteiger partial charge in [0.1, 0.15) is 0 Å². The van der Waals surface area contributed by atoms with E-state index in [-0.39, 0.29) is 5.97 Å². The maximum atomic E-state index is 10.9. The van der Waals surface area contributed by atoms with E-state index in [1.54, 1.807) is 0 Å². The molecule has 1 aromatic rings. The van der Waals surface area contributed by atoms with Crippen molar-refractivity contribution in [3.8, 4) is 0 Å². The SMILES string of the molecule is C=C(C(=O)OC)c1ccsc1. The molecule has 0 aliphatic carbocycles. The van der Waals surface area contributed by atoms with Crippen molar-refractivity contribution in [3.63, 3.8) is 0 Å². The van der Waals surface area contributed by atoms with Crippen LogP contribution in [0.3, 0.4) is 0 Å². The lowest BCUT2D eigenvalue weighted by molar-refractivity contribution is -0.133. The molecule has 0 aliphatic rings. The quantitative estimate of drug-likeness (QED) is 0.498. The third kappa shape index (κ3) is 1.68. The Hall–Kier alpha value is -1.09. The zero-order chi connectivity index (χ0) is 8.27. The molecule has 0 aromatic carbocycles. The lowest BCUT2D eigenvalue weighted by Gasteiger charge is -1.98. The van der Waals surface area contributed by atoms with Gasteiger partial charge in [0.15, 0.2) is 0 Å². The van der Waals surface area contributed by atoms with Gasteiger partial charge in [0.25, 0.3) is 0 Å². The van der Waals surface area contributed by atoms with Gasteiger partial charge in [0, 0.05) is 0 Å². The minimum Gasteiger partial charge on any atom is -0.465 e. The molecule has 0 bridgehead atoms. The highest BCUT2D eigenvalue weighted by molar-refractivity contribution is 7.08. The van der Waals surface area contributed by atoms with E-state index in [0.29, 0.717) is 5.57 Å². The smallest absolute Gasteiger partial charge is 0.337 e. The number of carbonyl (C=O) groups excluding carboxylic acids is 1. The van der Waals surface area contributed by atoms with E-state index in [1.807, 2.05) is 16.8 Å². The third-order valence-corrected chi connectivity index (χ3v) is 1.98. The Morgan fingerprint density at radius 1 is 1.73 bits per heavy atom. The lowest BCUT2D eigenvalue weighted by Crippen LogP contribution is -2.01. The summed E-state index contributed by atoms with van der Waals surface area (Å²) in [5.74, 6) is -0.372. The Bertz CT molecular complexity index is 262. The van der Waals surface area contributed by atoms with E-state index in [1.165, 1.54) is 18.4 Å². The van der Waals surface area contributed by atoms with E-state index in [2.05, 4.69) is 11.3 Å². The first-order valence-electron chi connectivity index (χ1n) is 3.05. The Labute approximate surface area is 69.1 Å². The fraction of sp³-hybridized carbons (Fsp3) is 0.125. The molecule has 3 heteroatoms. The summed E-state index contributed by atoms with van der Waals surface area (Å²) in [4.78, 5) is 10.9. The van der Waals surface area contributed by atoms with Crippen LogP contribution in [-0.4, -0.2) is 13.1 Å². The van der Waals surface area contributed by atoms with Crippen molar-refractivity contribution in [2.24, 2.45) is 0 Å². The molecule has 0 saturated heterocycles. The van der Waals surface area contributed by atoms with Crippen molar-refractivity contribution in [2.75, 3.05) is 7.11 Å². The molecule has 0 amide bonds. The van der Waals surface area contributed by atoms with Gasteiger partial charge < -0.3 is 4.74 Å². The van der Waals surface area contributed by atoms with Crippen LogP contribution >= 0.6 is 11.3 Å². The molecule has 1 aromatic heterocycles. The minimum atomic E-state index is -0.372. The minimum absolute atomic E-state index is 0.372. The molecule has 58 valence electrons. The van der Waals surface area contributed by atoms with Crippen LogP contribution in [0.4, 0.5) is 0 Å². The fourth-order valence-electron chi connectivity index (χ4n) is 0.677. The van der Waals surface area contributed by atoms with Gasteiger partial charge in [-0.2, -0.15) is 11.3 Å². The maximum absolute atomic E-state index is 10.9. The summed E-state index contributed by atoms with van der Waals surface area (Å²) in [6.07, 6.45) is 0. The van der Waals surface area contributed by atoms with Crippen molar-refractivity contribution in [1.82, 2.24) is 0 Å². The molecule has 11 heavy (non-hydrogen) atoms. The summed E-state index contributed by atoms with van der Waals surface area (Å²) in [6.45, 7) is 3.60. The highest BCUT2D eigenvalue weighted by Gasteiger charge is 2.08. The van der Waals surface area contributed by atoms with Crippen LogP contribution in [0.1, 0.15) is 5.56 Å². The van der Waals surface area contributed by atoms with E-state index in [4.69, 9.17) is 0 Å². The van der Waals surface area contributed by atoms with Crippen LogP contribution in [0, 0.1) is 0 Å². The molecule has 0 unspecified atom stereocenters. The number of ether oxygens (including phenoxy) is 1. The largest absolute Gasteiger partial charge is 0.465 e. The standard InChI is InChI=1S/C8H8O2S/c1-6(8(9)10-2)7-3-4-11-5-7/h3-5H,1H2,2H3. The summed E-state index contributed by atoms with van der Waals surface area (Å²) >= 11 is 1.53. The van der Waals surface area contributed by atoms with Crippen LogP contribution in [0.15, 0.2) is 23.4 Å². The van der Waals surface area contributed by atoms with Crippen LogP contribution < -0.4 is 0 Å². The number of carbonyl (C=O) groups is 1. The Kier molecular flexibility index (Phi) is 2.44. The van der Waals surface area contributed by atoms with Crippen LogP contribution in [0.5, 0.6) is 0 Å². The molecule has 1 rings (SSSR count). The Morgan fingerprint density at radius 3 is 2.91 bits per heavy atom. The normalized spacial score (nSPS) is 9.18. The van der Waals surface area contributed by atoms with Crippen molar-refractivity contribution in [3.05, 3.63) is 29.0 Å². The first kappa shape index (κ1) is 8.01. The van der Waals surface area contributed by atoms with Gasteiger partial charge in [0.05, 0.1) is 12.7 Å². The van der Waals surface area contributed by atoms with Crippen molar-refractivity contribution in [2.45, 2.75) is 0 Å². The van der Waals surface area contributed by atoms with Crippen molar-refractivity contribution in [1.29, 1.82) is 0 Å². The maximum Gasteiger partial charge on any atom is 0.337 e. The highest BCUT2D eigenvalue weighted by Crippen LogP contribution is 2.16. The summed E-state index contributed by atoms with van der Waals surface area (Å²) in [6, 6.07) is 1.84. The third-order valence-electron chi connectivity index (χ3n) is 1.30. The van der Waals surface area contributed by atoms with Crippen LogP contribution in [0.25, 0.3) is 5.57 Å². The average Bonchev–Trinajstić information content (AvgIpc) is 2.53. The second-order valence-corrected chi connectivity index (χ2v) is 2.76. The van der Waals surface area contributed by atoms with Crippen LogP contribution in [0.2, 0.25) is 0 Å². The molecular weight excluding hydrogens is 160 g/mol. The van der Waals surface area contributed by atoms with E-state index in [9.17, 15) is 4.79 Å². The molecule has 0 aliphatic heterocycles. The lowest BCUT2D eigenvalue weighted by atomic mass is 10.2. The van der Waals surface area contributed by atoms with Crippen molar-refractivity contribution < 1.29 is 9.53 Å². The van der Waals surface area contributed by atoms with Crippen molar-refractivity contribution >= 4 is 22.9 Å². The predicted octanol–water partition coefficient (Wildman–Crippen LogP) is 1.93. The second-order valence-electron chi connectivity index (χ2n) is 1.98. The first-order chi connectivity index (χ1) is 5.25. The molecule has 0 fully saturated rings. The number of rotatable bonds is 2.